The lowest BCUT2D eigenvalue weighted by Crippen LogP contribution is -2.19. The third kappa shape index (κ3) is 5.52. The smallest absolute Gasteiger partial charge is 0.345 e. The van der Waals surface area contributed by atoms with Crippen LogP contribution in [0.15, 0.2) is 11.6 Å². The molecular weight excluding hydrogens is 220 g/mol. The molecule has 0 fully saturated rings. The Morgan fingerprint density at radius 1 is 0.941 bits per heavy atom. The highest BCUT2D eigenvalue weighted by molar-refractivity contribution is 6.14. The number of carbonyl (C=O) groups excluding carboxylic acids is 2. The predicted octanol–water partition coefficient (Wildman–Crippen LogP) is 2.48. The van der Waals surface area contributed by atoms with Gasteiger partial charge >= 0.3 is 11.9 Å². The zero-order valence-electron chi connectivity index (χ0n) is 11.1. The summed E-state index contributed by atoms with van der Waals surface area (Å²) in [6.07, 6.45) is 3.41. The van der Waals surface area contributed by atoms with E-state index in [1.165, 1.54) is 0 Å². The Labute approximate surface area is 103 Å². The molecular formula is C13H22O4. The number of hydrogen-bond acceptors (Lipinski definition) is 4. The Hall–Kier alpha value is -1.32. The van der Waals surface area contributed by atoms with Gasteiger partial charge in [0.1, 0.15) is 5.57 Å². The van der Waals surface area contributed by atoms with Crippen molar-refractivity contribution in [1.82, 2.24) is 0 Å². The minimum Gasteiger partial charge on any atom is -0.462 e. The van der Waals surface area contributed by atoms with Gasteiger partial charge in [0.25, 0.3) is 0 Å². The first-order chi connectivity index (χ1) is 8.10. The molecule has 0 aromatic rings. The van der Waals surface area contributed by atoms with Crippen LogP contribution in [-0.2, 0) is 19.1 Å². The molecule has 0 saturated carbocycles. The van der Waals surface area contributed by atoms with E-state index in [2.05, 4.69) is 0 Å². The molecule has 0 amide bonds. The van der Waals surface area contributed by atoms with Crippen molar-refractivity contribution in [2.45, 2.75) is 40.5 Å². The third-order valence-corrected chi connectivity index (χ3v) is 2.44. The second-order valence-electron chi connectivity index (χ2n) is 3.60. The minimum atomic E-state index is -0.599. The maximum atomic E-state index is 11.6. The number of esters is 2. The number of hydrogen-bond donors (Lipinski definition) is 0. The number of rotatable bonds is 7. The molecule has 0 saturated heterocycles. The monoisotopic (exact) mass is 242 g/mol. The molecule has 0 N–H and O–H groups in total. The lowest BCUT2D eigenvalue weighted by Gasteiger charge is -2.10. The maximum Gasteiger partial charge on any atom is 0.345 e. The molecule has 4 heteroatoms. The van der Waals surface area contributed by atoms with E-state index in [1.54, 1.807) is 19.9 Å². The SMILES string of the molecule is CCOC(=O)C(=CC(CC)CC)C(=O)OCC. The molecule has 0 heterocycles. The highest BCUT2D eigenvalue weighted by Gasteiger charge is 2.21. The van der Waals surface area contributed by atoms with E-state index in [4.69, 9.17) is 9.47 Å². The molecule has 0 radical (unpaired) electrons. The Morgan fingerprint density at radius 2 is 1.35 bits per heavy atom. The van der Waals surface area contributed by atoms with Crippen molar-refractivity contribution in [3.05, 3.63) is 11.6 Å². The van der Waals surface area contributed by atoms with E-state index in [-0.39, 0.29) is 24.7 Å². The fraction of sp³-hybridized carbons (Fsp3) is 0.692. The molecule has 0 aromatic carbocycles. The molecule has 0 spiro atoms. The molecule has 0 aliphatic rings. The minimum absolute atomic E-state index is 0.0161. The predicted molar refractivity (Wildman–Crippen MR) is 65.4 cm³/mol. The van der Waals surface area contributed by atoms with Crippen LogP contribution >= 0.6 is 0 Å². The number of ether oxygens (including phenoxy) is 2. The average Bonchev–Trinajstić information content (AvgIpc) is 2.31. The zero-order chi connectivity index (χ0) is 13.3. The normalized spacial score (nSPS) is 9.94. The van der Waals surface area contributed by atoms with E-state index in [0.29, 0.717) is 0 Å². The van der Waals surface area contributed by atoms with Crippen molar-refractivity contribution < 1.29 is 19.1 Å². The van der Waals surface area contributed by atoms with Gasteiger partial charge in [-0.1, -0.05) is 19.9 Å². The highest BCUT2D eigenvalue weighted by Crippen LogP contribution is 2.14. The molecule has 0 rings (SSSR count). The van der Waals surface area contributed by atoms with Crippen LogP contribution in [-0.4, -0.2) is 25.2 Å². The average molecular weight is 242 g/mol. The van der Waals surface area contributed by atoms with Gasteiger partial charge in [-0.2, -0.15) is 0 Å². The molecule has 4 nitrogen and oxygen atoms in total. The molecule has 0 atom stereocenters. The molecule has 0 aliphatic heterocycles. The fourth-order valence-corrected chi connectivity index (χ4v) is 1.40. The summed E-state index contributed by atoms with van der Waals surface area (Å²) in [5.74, 6) is -1.01. The van der Waals surface area contributed by atoms with Crippen molar-refractivity contribution in [2.24, 2.45) is 5.92 Å². The van der Waals surface area contributed by atoms with E-state index >= 15 is 0 Å². The van der Waals surface area contributed by atoms with Gasteiger partial charge in [0.05, 0.1) is 13.2 Å². The van der Waals surface area contributed by atoms with Crippen molar-refractivity contribution in [1.29, 1.82) is 0 Å². The summed E-state index contributed by atoms with van der Waals surface area (Å²) in [4.78, 5) is 23.3. The lowest BCUT2D eigenvalue weighted by molar-refractivity contribution is -0.146. The van der Waals surface area contributed by atoms with Crippen LogP contribution in [0, 0.1) is 5.92 Å². The summed E-state index contributed by atoms with van der Waals surface area (Å²) in [6, 6.07) is 0. The van der Waals surface area contributed by atoms with Crippen LogP contribution in [0.3, 0.4) is 0 Å². The standard InChI is InChI=1S/C13H22O4/c1-5-10(6-2)9-11(12(14)16-7-3)13(15)17-8-4/h9-10H,5-8H2,1-4H3. The van der Waals surface area contributed by atoms with Crippen LogP contribution in [0.1, 0.15) is 40.5 Å². The summed E-state index contributed by atoms with van der Waals surface area (Å²) in [6.45, 7) is 7.93. The van der Waals surface area contributed by atoms with Gasteiger partial charge in [-0.15, -0.1) is 0 Å². The number of carbonyl (C=O) groups is 2. The summed E-state index contributed by atoms with van der Waals surface area (Å²) in [7, 11) is 0. The Kier molecular flexibility index (Phi) is 8.11. The second-order valence-corrected chi connectivity index (χ2v) is 3.60. The van der Waals surface area contributed by atoms with Crippen molar-refractivity contribution in [2.75, 3.05) is 13.2 Å². The lowest BCUT2D eigenvalue weighted by atomic mass is 10.00. The molecule has 0 unspecified atom stereocenters. The van der Waals surface area contributed by atoms with Gasteiger partial charge < -0.3 is 9.47 Å². The van der Waals surface area contributed by atoms with E-state index in [9.17, 15) is 9.59 Å². The largest absolute Gasteiger partial charge is 0.462 e. The van der Waals surface area contributed by atoms with Gasteiger partial charge in [0, 0.05) is 0 Å². The van der Waals surface area contributed by atoms with Crippen LogP contribution in [0.5, 0.6) is 0 Å². The van der Waals surface area contributed by atoms with Gasteiger partial charge in [-0.3, -0.25) is 0 Å². The van der Waals surface area contributed by atoms with Crippen LogP contribution in [0.25, 0.3) is 0 Å². The van der Waals surface area contributed by atoms with E-state index in [1.807, 2.05) is 13.8 Å². The van der Waals surface area contributed by atoms with Crippen molar-refractivity contribution in [3.63, 3.8) is 0 Å². The number of allylic oxidation sites excluding steroid dienone is 1. The van der Waals surface area contributed by atoms with Crippen LogP contribution in [0.2, 0.25) is 0 Å². The summed E-state index contributed by atoms with van der Waals surface area (Å²) in [5.41, 5.74) is 0.0161. The topological polar surface area (TPSA) is 52.6 Å². The summed E-state index contributed by atoms with van der Waals surface area (Å²) < 4.78 is 9.71. The molecule has 17 heavy (non-hydrogen) atoms. The van der Waals surface area contributed by atoms with Crippen LogP contribution < -0.4 is 0 Å². The highest BCUT2D eigenvalue weighted by atomic mass is 16.6. The quantitative estimate of drug-likeness (QED) is 0.298. The Balaban J connectivity index is 4.95. The summed E-state index contributed by atoms with van der Waals surface area (Å²) >= 11 is 0. The zero-order valence-corrected chi connectivity index (χ0v) is 11.1. The Bertz CT molecular complexity index is 257. The van der Waals surface area contributed by atoms with Gasteiger partial charge in [-0.05, 0) is 32.6 Å². The van der Waals surface area contributed by atoms with Gasteiger partial charge in [0.2, 0.25) is 0 Å². The van der Waals surface area contributed by atoms with Crippen molar-refractivity contribution >= 4 is 11.9 Å². The summed E-state index contributed by atoms with van der Waals surface area (Å²) in [5, 5.41) is 0. The van der Waals surface area contributed by atoms with Gasteiger partial charge in [0.15, 0.2) is 0 Å². The molecule has 0 aromatic heterocycles. The third-order valence-electron chi connectivity index (χ3n) is 2.44. The van der Waals surface area contributed by atoms with E-state index < -0.39 is 11.9 Å². The first-order valence-corrected chi connectivity index (χ1v) is 6.16. The molecule has 0 aliphatic carbocycles. The van der Waals surface area contributed by atoms with E-state index in [0.717, 1.165) is 12.8 Å². The van der Waals surface area contributed by atoms with Crippen LogP contribution in [0.4, 0.5) is 0 Å². The van der Waals surface area contributed by atoms with Crippen molar-refractivity contribution in [3.8, 4) is 0 Å². The maximum absolute atomic E-state index is 11.6. The molecule has 98 valence electrons. The Morgan fingerprint density at radius 3 is 1.65 bits per heavy atom. The fourth-order valence-electron chi connectivity index (χ4n) is 1.40. The second kappa shape index (κ2) is 8.79. The molecule has 0 bridgehead atoms. The van der Waals surface area contributed by atoms with Gasteiger partial charge in [-0.25, -0.2) is 9.59 Å². The first-order valence-electron chi connectivity index (χ1n) is 6.16. The first kappa shape index (κ1) is 15.7.